The summed E-state index contributed by atoms with van der Waals surface area (Å²) in [7, 11) is 1.62. The molecule has 0 saturated carbocycles. The fourth-order valence-electron chi connectivity index (χ4n) is 2.21. The van der Waals surface area contributed by atoms with Crippen molar-refractivity contribution in [3.63, 3.8) is 0 Å². The highest BCUT2D eigenvalue weighted by molar-refractivity contribution is 5.99. The monoisotopic (exact) mass is 339 g/mol. The van der Waals surface area contributed by atoms with Crippen molar-refractivity contribution in [2.24, 2.45) is 0 Å². The molecule has 6 nitrogen and oxygen atoms in total. The number of benzene rings is 1. The van der Waals surface area contributed by atoms with Gasteiger partial charge in [-0.25, -0.2) is 0 Å². The van der Waals surface area contributed by atoms with Crippen LogP contribution in [0, 0.1) is 0 Å². The Morgan fingerprint density at radius 3 is 2.56 bits per heavy atom. The quantitative estimate of drug-likeness (QED) is 0.721. The Hall–Kier alpha value is -3.15. The number of rotatable bonds is 8. The molecule has 25 heavy (non-hydrogen) atoms. The van der Waals surface area contributed by atoms with Crippen molar-refractivity contribution in [3.05, 3.63) is 72.1 Å². The minimum Gasteiger partial charge on any atom is -0.497 e. The Morgan fingerprint density at radius 1 is 1.16 bits per heavy atom. The molecule has 2 rings (SSSR count). The molecule has 0 radical (unpaired) electrons. The maximum Gasteiger partial charge on any atom is 0.253 e. The molecular weight excluding hydrogens is 318 g/mol. The second kappa shape index (κ2) is 9.22. The summed E-state index contributed by atoms with van der Waals surface area (Å²) in [4.78, 5) is 28.1. The molecule has 1 aromatic carbocycles. The van der Waals surface area contributed by atoms with Gasteiger partial charge < -0.3 is 15.4 Å². The largest absolute Gasteiger partial charge is 0.497 e. The van der Waals surface area contributed by atoms with Gasteiger partial charge in [-0.2, -0.15) is 0 Å². The maximum absolute atomic E-state index is 12.2. The van der Waals surface area contributed by atoms with Crippen LogP contribution in [0.4, 0.5) is 0 Å². The van der Waals surface area contributed by atoms with Crippen LogP contribution in [0.5, 0.6) is 5.75 Å². The lowest BCUT2D eigenvalue weighted by molar-refractivity contribution is 0.0953. The van der Waals surface area contributed by atoms with Crippen molar-refractivity contribution in [3.8, 4) is 5.75 Å². The molecule has 0 fully saturated rings. The van der Waals surface area contributed by atoms with E-state index < -0.39 is 0 Å². The number of hydrogen-bond donors (Lipinski definition) is 2. The summed E-state index contributed by atoms with van der Waals surface area (Å²) in [6.07, 6.45) is 5.12. The summed E-state index contributed by atoms with van der Waals surface area (Å²) in [5.74, 6) is 0.221. The van der Waals surface area contributed by atoms with Crippen LogP contribution in [0.25, 0.3) is 0 Å². The van der Waals surface area contributed by atoms with Gasteiger partial charge in [0, 0.05) is 25.5 Å². The lowest BCUT2D eigenvalue weighted by atomic mass is 10.1. The van der Waals surface area contributed by atoms with Gasteiger partial charge in [0.25, 0.3) is 11.8 Å². The summed E-state index contributed by atoms with van der Waals surface area (Å²) >= 11 is 0. The Bertz CT molecular complexity index is 759. The molecule has 0 saturated heterocycles. The number of nitrogens with zero attached hydrogens (tertiary/aromatic N) is 1. The van der Waals surface area contributed by atoms with Gasteiger partial charge in [-0.15, -0.1) is 6.58 Å². The van der Waals surface area contributed by atoms with Gasteiger partial charge in [-0.05, 0) is 30.2 Å². The fraction of sp³-hybridized carbons (Fsp3) is 0.211. The van der Waals surface area contributed by atoms with Gasteiger partial charge in [0.05, 0.1) is 18.2 Å². The predicted octanol–water partition coefficient (Wildman–Crippen LogP) is 1.98. The zero-order valence-electron chi connectivity index (χ0n) is 14.1. The van der Waals surface area contributed by atoms with Crippen LogP contribution >= 0.6 is 0 Å². The average Bonchev–Trinajstić information content (AvgIpc) is 2.66. The van der Waals surface area contributed by atoms with Crippen molar-refractivity contribution < 1.29 is 14.3 Å². The average molecular weight is 339 g/mol. The maximum atomic E-state index is 12.2. The SMILES string of the molecule is C=CCNC(=O)c1cncc(C(=O)NCCc2cccc(OC)c2)c1. The lowest BCUT2D eigenvalue weighted by Gasteiger charge is -2.08. The molecule has 0 aliphatic rings. The summed E-state index contributed by atoms with van der Waals surface area (Å²) in [5, 5.41) is 5.48. The standard InChI is InChI=1S/C19H21N3O3/c1-3-8-21-18(23)15-11-16(13-20-12-15)19(24)22-9-7-14-5-4-6-17(10-14)25-2/h3-6,10-13H,1,7-9H2,2H3,(H,21,23)(H,22,24). The van der Waals surface area contributed by atoms with Gasteiger partial charge in [0.1, 0.15) is 5.75 Å². The molecule has 0 atom stereocenters. The molecular formula is C19H21N3O3. The molecule has 0 aliphatic heterocycles. The van der Waals surface area contributed by atoms with Crippen LogP contribution in [-0.2, 0) is 6.42 Å². The predicted molar refractivity (Wildman–Crippen MR) is 95.8 cm³/mol. The number of ether oxygens (including phenoxy) is 1. The van der Waals surface area contributed by atoms with E-state index in [1.165, 1.54) is 18.5 Å². The van der Waals surface area contributed by atoms with E-state index in [2.05, 4.69) is 22.2 Å². The Kier molecular flexibility index (Phi) is 6.71. The Morgan fingerprint density at radius 2 is 1.88 bits per heavy atom. The van der Waals surface area contributed by atoms with Crippen LogP contribution in [-0.4, -0.2) is 37.0 Å². The van der Waals surface area contributed by atoms with Gasteiger partial charge in [0.15, 0.2) is 0 Å². The van der Waals surface area contributed by atoms with Gasteiger partial charge >= 0.3 is 0 Å². The third-order valence-electron chi connectivity index (χ3n) is 3.50. The Labute approximate surface area is 146 Å². The third kappa shape index (κ3) is 5.46. The topological polar surface area (TPSA) is 80.3 Å². The van der Waals surface area contributed by atoms with E-state index in [0.29, 0.717) is 30.6 Å². The number of amides is 2. The molecule has 1 aromatic heterocycles. The number of methoxy groups -OCH3 is 1. The van der Waals surface area contributed by atoms with E-state index in [4.69, 9.17) is 4.74 Å². The Balaban J connectivity index is 1.92. The van der Waals surface area contributed by atoms with Crippen molar-refractivity contribution in [2.75, 3.05) is 20.2 Å². The normalized spacial score (nSPS) is 9.96. The molecule has 2 amide bonds. The first-order valence-corrected chi connectivity index (χ1v) is 7.89. The molecule has 0 unspecified atom stereocenters. The zero-order chi connectivity index (χ0) is 18.1. The second-order valence-electron chi connectivity index (χ2n) is 5.32. The number of hydrogen-bond acceptors (Lipinski definition) is 4. The highest BCUT2D eigenvalue weighted by atomic mass is 16.5. The van der Waals surface area contributed by atoms with Crippen molar-refractivity contribution in [1.29, 1.82) is 0 Å². The van der Waals surface area contributed by atoms with E-state index in [-0.39, 0.29) is 11.8 Å². The molecule has 130 valence electrons. The van der Waals surface area contributed by atoms with Crippen LogP contribution in [0.2, 0.25) is 0 Å². The number of aromatic nitrogens is 1. The number of carbonyl (C=O) groups is 2. The molecule has 0 spiro atoms. The van der Waals surface area contributed by atoms with Crippen LogP contribution in [0.3, 0.4) is 0 Å². The minimum absolute atomic E-state index is 0.270. The first-order chi connectivity index (χ1) is 12.1. The minimum atomic E-state index is -0.293. The molecule has 2 aromatic rings. The lowest BCUT2D eigenvalue weighted by Crippen LogP contribution is -2.27. The highest BCUT2D eigenvalue weighted by Gasteiger charge is 2.10. The first-order valence-electron chi connectivity index (χ1n) is 7.89. The van der Waals surface area contributed by atoms with Gasteiger partial charge in [-0.1, -0.05) is 18.2 Å². The van der Waals surface area contributed by atoms with Crippen molar-refractivity contribution >= 4 is 11.8 Å². The molecule has 0 aliphatic carbocycles. The van der Waals surface area contributed by atoms with E-state index in [9.17, 15) is 9.59 Å². The van der Waals surface area contributed by atoms with E-state index in [1.807, 2.05) is 24.3 Å². The summed E-state index contributed by atoms with van der Waals surface area (Å²) < 4.78 is 5.18. The highest BCUT2D eigenvalue weighted by Crippen LogP contribution is 2.12. The smallest absolute Gasteiger partial charge is 0.253 e. The van der Waals surface area contributed by atoms with Crippen LogP contribution in [0.1, 0.15) is 26.3 Å². The number of nitrogens with one attached hydrogen (secondary N) is 2. The van der Waals surface area contributed by atoms with Crippen molar-refractivity contribution in [2.45, 2.75) is 6.42 Å². The molecule has 6 heteroatoms. The van der Waals surface area contributed by atoms with Gasteiger partial charge in [-0.3, -0.25) is 14.6 Å². The van der Waals surface area contributed by atoms with E-state index in [1.54, 1.807) is 13.2 Å². The second-order valence-corrected chi connectivity index (χ2v) is 5.32. The van der Waals surface area contributed by atoms with Crippen LogP contribution in [0.15, 0.2) is 55.4 Å². The summed E-state index contributed by atoms with van der Waals surface area (Å²) in [6.45, 7) is 4.37. The molecule has 0 bridgehead atoms. The van der Waals surface area contributed by atoms with E-state index in [0.717, 1.165) is 11.3 Å². The first kappa shape index (κ1) is 18.2. The molecule has 1 heterocycles. The third-order valence-corrected chi connectivity index (χ3v) is 3.50. The summed E-state index contributed by atoms with van der Waals surface area (Å²) in [5.41, 5.74) is 1.74. The van der Waals surface area contributed by atoms with Crippen molar-refractivity contribution in [1.82, 2.24) is 15.6 Å². The number of pyridine rings is 1. The van der Waals surface area contributed by atoms with E-state index >= 15 is 0 Å². The zero-order valence-corrected chi connectivity index (χ0v) is 14.1. The van der Waals surface area contributed by atoms with Gasteiger partial charge in [0.2, 0.25) is 0 Å². The summed E-state index contributed by atoms with van der Waals surface area (Å²) in [6, 6.07) is 9.20. The fourth-order valence-corrected chi connectivity index (χ4v) is 2.21. The van der Waals surface area contributed by atoms with Crippen LogP contribution < -0.4 is 15.4 Å². The molecule has 2 N–H and O–H groups in total. The number of carbonyl (C=O) groups excluding carboxylic acids is 2.